The number of nitrogens with zero attached hydrogens (tertiary/aromatic N) is 4. The van der Waals surface area contributed by atoms with Crippen molar-refractivity contribution < 1.29 is 9.53 Å². The van der Waals surface area contributed by atoms with Crippen LogP contribution in [0.1, 0.15) is 5.82 Å². The summed E-state index contributed by atoms with van der Waals surface area (Å²) in [6, 6.07) is 17.1. The fourth-order valence-corrected chi connectivity index (χ4v) is 4.15. The number of rotatable bonds is 7. The molecule has 0 radical (unpaired) electrons. The van der Waals surface area contributed by atoms with E-state index >= 15 is 0 Å². The molecule has 0 unspecified atom stereocenters. The first-order chi connectivity index (χ1) is 14.7. The summed E-state index contributed by atoms with van der Waals surface area (Å²) in [7, 11) is 0. The number of halogens is 1. The highest BCUT2D eigenvalue weighted by Gasteiger charge is 2.19. The maximum Gasteiger partial charge on any atom is 0.234 e. The molecule has 1 N–H and O–H groups in total. The number of benzene rings is 2. The highest BCUT2D eigenvalue weighted by atomic mass is 35.5. The van der Waals surface area contributed by atoms with Gasteiger partial charge in [0.1, 0.15) is 0 Å². The van der Waals surface area contributed by atoms with E-state index in [1.807, 2.05) is 34.9 Å². The van der Waals surface area contributed by atoms with E-state index in [4.69, 9.17) is 16.3 Å². The number of nitrogens with one attached hydrogen (secondary N) is 1. The molecule has 0 atom stereocenters. The number of hydrogen-bond acceptors (Lipinski definition) is 6. The van der Waals surface area contributed by atoms with Gasteiger partial charge >= 0.3 is 0 Å². The van der Waals surface area contributed by atoms with Gasteiger partial charge in [0.05, 0.1) is 25.5 Å². The third-order valence-corrected chi connectivity index (χ3v) is 5.79. The molecule has 1 fully saturated rings. The third kappa shape index (κ3) is 5.40. The third-order valence-electron chi connectivity index (χ3n) is 4.62. The number of amides is 1. The van der Waals surface area contributed by atoms with Crippen LogP contribution in [-0.4, -0.2) is 57.6 Å². The van der Waals surface area contributed by atoms with Crippen molar-refractivity contribution in [3.8, 4) is 5.69 Å². The predicted molar refractivity (Wildman–Crippen MR) is 118 cm³/mol. The number of anilines is 1. The number of morpholine rings is 1. The van der Waals surface area contributed by atoms with Crippen LogP contribution in [0.15, 0.2) is 59.8 Å². The lowest BCUT2D eigenvalue weighted by atomic mass is 10.3. The molecule has 2 heterocycles. The van der Waals surface area contributed by atoms with E-state index in [0.717, 1.165) is 37.8 Å². The number of carbonyl (C=O) groups excluding carboxylic acids is 1. The van der Waals surface area contributed by atoms with Crippen LogP contribution >= 0.6 is 23.4 Å². The van der Waals surface area contributed by atoms with Crippen LogP contribution in [0.25, 0.3) is 5.69 Å². The fraction of sp³-hybridized carbons (Fsp3) is 0.286. The average Bonchev–Trinajstić information content (AvgIpc) is 3.16. The van der Waals surface area contributed by atoms with Crippen LogP contribution < -0.4 is 5.32 Å². The van der Waals surface area contributed by atoms with Crippen LogP contribution in [0.2, 0.25) is 5.02 Å². The molecular weight excluding hydrogens is 422 g/mol. The fourth-order valence-electron chi connectivity index (χ4n) is 3.19. The van der Waals surface area contributed by atoms with Crippen molar-refractivity contribution in [3.05, 3.63) is 65.4 Å². The van der Waals surface area contributed by atoms with Gasteiger partial charge in [-0.05, 0) is 30.3 Å². The molecule has 0 spiro atoms. The minimum Gasteiger partial charge on any atom is -0.379 e. The molecule has 2 aromatic carbocycles. The normalized spacial score (nSPS) is 14.6. The minimum atomic E-state index is -0.125. The standard InChI is InChI=1S/C21H22ClN5O2S/c22-16-5-4-6-17(13-16)23-20(28)15-30-21-25-24-19(14-26-9-11-29-12-10-26)27(21)18-7-2-1-3-8-18/h1-8,13H,9-12,14-15H2,(H,23,28). The van der Waals surface area contributed by atoms with Gasteiger partial charge in [-0.1, -0.05) is 47.6 Å². The second-order valence-corrected chi connectivity index (χ2v) is 8.18. The van der Waals surface area contributed by atoms with Gasteiger partial charge in [0.15, 0.2) is 11.0 Å². The molecule has 4 rings (SSSR count). The van der Waals surface area contributed by atoms with E-state index in [1.54, 1.807) is 24.3 Å². The Balaban J connectivity index is 1.48. The maximum absolute atomic E-state index is 12.4. The van der Waals surface area contributed by atoms with Gasteiger partial charge < -0.3 is 10.1 Å². The Morgan fingerprint density at radius 3 is 2.67 bits per heavy atom. The first-order valence-corrected chi connectivity index (χ1v) is 11.0. The van der Waals surface area contributed by atoms with Crippen molar-refractivity contribution >= 4 is 35.0 Å². The van der Waals surface area contributed by atoms with Gasteiger partial charge in [0.2, 0.25) is 5.91 Å². The molecule has 1 amide bonds. The zero-order chi connectivity index (χ0) is 20.8. The van der Waals surface area contributed by atoms with E-state index < -0.39 is 0 Å². The zero-order valence-corrected chi connectivity index (χ0v) is 17.9. The first-order valence-electron chi connectivity index (χ1n) is 9.67. The molecule has 0 saturated carbocycles. The number of aromatic nitrogens is 3. The Bertz CT molecular complexity index is 992. The lowest BCUT2D eigenvalue weighted by Gasteiger charge is -2.26. The van der Waals surface area contributed by atoms with E-state index in [1.165, 1.54) is 11.8 Å². The van der Waals surface area contributed by atoms with Crippen molar-refractivity contribution in [2.24, 2.45) is 0 Å². The summed E-state index contributed by atoms with van der Waals surface area (Å²) >= 11 is 7.34. The smallest absolute Gasteiger partial charge is 0.234 e. The van der Waals surface area contributed by atoms with E-state index in [2.05, 4.69) is 20.4 Å². The molecule has 3 aromatic rings. The van der Waals surface area contributed by atoms with Crippen molar-refractivity contribution in [2.75, 3.05) is 37.4 Å². The summed E-state index contributed by atoms with van der Waals surface area (Å²) in [6.45, 7) is 3.87. The number of thioether (sulfide) groups is 1. The molecule has 156 valence electrons. The second kappa shape index (κ2) is 10.1. The monoisotopic (exact) mass is 443 g/mol. The quantitative estimate of drug-likeness (QED) is 0.563. The Labute approximate surface area is 184 Å². The highest BCUT2D eigenvalue weighted by molar-refractivity contribution is 7.99. The number of para-hydroxylation sites is 1. The largest absolute Gasteiger partial charge is 0.379 e. The summed E-state index contributed by atoms with van der Waals surface area (Å²) < 4.78 is 7.46. The van der Waals surface area contributed by atoms with Gasteiger partial charge in [-0.25, -0.2) is 0 Å². The minimum absolute atomic E-state index is 0.125. The van der Waals surface area contributed by atoms with Gasteiger partial charge in [-0.3, -0.25) is 14.3 Å². The first kappa shape index (κ1) is 20.9. The molecule has 0 bridgehead atoms. The van der Waals surface area contributed by atoms with Gasteiger partial charge in [-0.2, -0.15) is 0 Å². The average molecular weight is 444 g/mol. The van der Waals surface area contributed by atoms with Crippen molar-refractivity contribution in [1.29, 1.82) is 0 Å². The summed E-state index contributed by atoms with van der Waals surface area (Å²) in [5, 5.41) is 12.9. The molecule has 30 heavy (non-hydrogen) atoms. The van der Waals surface area contributed by atoms with Crippen molar-refractivity contribution in [3.63, 3.8) is 0 Å². The lowest BCUT2D eigenvalue weighted by molar-refractivity contribution is -0.113. The van der Waals surface area contributed by atoms with Crippen molar-refractivity contribution in [1.82, 2.24) is 19.7 Å². The Hall–Kier alpha value is -2.39. The summed E-state index contributed by atoms with van der Waals surface area (Å²) in [4.78, 5) is 14.7. The Kier molecular flexibility index (Phi) is 7.01. The molecule has 9 heteroatoms. The van der Waals surface area contributed by atoms with E-state index in [-0.39, 0.29) is 11.7 Å². The molecule has 1 aromatic heterocycles. The maximum atomic E-state index is 12.4. The number of ether oxygens (including phenoxy) is 1. The molecule has 1 aliphatic rings. The van der Waals surface area contributed by atoms with Crippen LogP contribution in [0.3, 0.4) is 0 Å². The lowest BCUT2D eigenvalue weighted by Crippen LogP contribution is -2.36. The van der Waals surface area contributed by atoms with Crippen LogP contribution in [-0.2, 0) is 16.1 Å². The van der Waals surface area contributed by atoms with Crippen LogP contribution in [0, 0.1) is 0 Å². The van der Waals surface area contributed by atoms with E-state index in [0.29, 0.717) is 22.4 Å². The van der Waals surface area contributed by atoms with E-state index in [9.17, 15) is 4.79 Å². The summed E-state index contributed by atoms with van der Waals surface area (Å²) in [6.07, 6.45) is 0. The topological polar surface area (TPSA) is 72.3 Å². The highest BCUT2D eigenvalue weighted by Crippen LogP contribution is 2.23. The molecule has 7 nitrogen and oxygen atoms in total. The van der Waals surface area contributed by atoms with Gasteiger partial charge in [-0.15, -0.1) is 10.2 Å². The Morgan fingerprint density at radius 2 is 1.90 bits per heavy atom. The molecular formula is C21H22ClN5O2S. The molecule has 0 aliphatic carbocycles. The summed E-state index contributed by atoms with van der Waals surface area (Å²) in [5.41, 5.74) is 1.65. The molecule has 1 aliphatic heterocycles. The second-order valence-electron chi connectivity index (χ2n) is 6.81. The van der Waals surface area contributed by atoms with Gasteiger partial charge in [0, 0.05) is 29.5 Å². The molecule has 1 saturated heterocycles. The van der Waals surface area contributed by atoms with Gasteiger partial charge in [0.25, 0.3) is 0 Å². The number of carbonyl (C=O) groups is 1. The summed E-state index contributed by atoms with van der Waals surface area (Å²) in [5.74, 6) is 0.940. The van der Waals surface area contributed by atoms with Crippen LogP contribution in [0.4, 0.5) is 5.69 Å². The zero-order valence-electron chi connectivity index (χ0n) is 16.3. The SMILES string of the molecule is O=C(CSc1nnc(CN2CCOCC2)n1-c1ccccc1)Nc1cccc(Cl)c1. The Morgan fingerprint density at radius 1 is 1.10 bits per heavy atom. The van der Waals surface area contributed by atoms with Crippen molar-refractivity contribution in [2.45, 2.75) is 11.7 Å². The predicted octanol–water partition coefficient (Wildman–Crippen LogP) is 3.48. The number of hydrogen-bond donors (Lipinski definition) is 1. The van der Waals surface area contributed by atoms with Crippen LogP contribution in [0.5, 0.6) is 0 Å².